The van der Waals surface area contributed by atoms with Crippen LogP contribution in [-0.2, 0) is 11.3 Å². The summed E-state index contributed by atoms with van der Waals surface area (Å²) in [7, 11) is 0. The number of nitrogens with zero attached hydrogens (tertiary/aromatic N) is 1. The molecule has 1 amide bonds. The normalized spacial score (nSPS) is 15.6. The van der Waals surface area contributed by atoms with Gasteiger partial charge < -0.3 is 24.7 Å². The predicted molar refractivity (Wildman–Crippen MR) is 119 cm³/mol. The van der Waals surface area contributed by atoms with Gasteiger partial charge >= 0.3 is 12.1 Å². The number of carboxylic acids is 1. The van der Waals surface area contributed by atoms with Gasteiger partial charge in [-0.2, -0.15) is 0 Å². The quantitative estimate of drug-likeness (QED) is 0.548. The molecule has 0 saturated carbocycles. The maximum Gasteiger partial charge on any atom is 0.414 e. The van der Waals surface area contributed by atoms with Crippen LogP contribution in [-0.4, -0.2) is 46.0 Å². The molecule has 2 heterocycles. The minimum absolute atomic E-state index is 0.00497. The fourth-order valence-electron chi connectivity index (χ4n) is 3.94. The molecule has 0 aliphatic carbocycles. The van der Waals surface area contributed by atoms with Gasteiger partial charge in [0.2, 0.25) is 0 Å². The summed E-state index contributed by atoms with van der Waals surface area (Å²) < 4.78 is 11.6. The van der Waals surface area contributed by atoms with Crippen molar-refractivity contribution >= 4 is 28.7 Å². The molecule has 0 spiro atoms. The topological polar surface area (TPSA) is 112 Å². The summed E-state index contributed by atoms with van der Waals surface area (Å²) in [6, 6.07) is 12.8. The lowest BCUT2D eigenvalue weighted by molar-refractivity contribution is 0.0580. The zero-order valence-corrected chi connectivity index (χ0v) is 18.2. The standard InChI is InChI=1S/C24H26N2O6/c1-24(2,3)32-23(30)26-11-15(12-27)20-16-9-17(22(28)29)25-21(16)19(10-18(20)26)31-13-14-7-5-4-6-8-14/h4-10,15,25,27H,11-13H2,1-3H3,(H,28,29)/t15-/m0/s1. The van der Waals surface area contributed by atoms with E-state index in [2.05, 4.69) is 4.98 Å². The number of anilines is 1. The van der Waals surface area contributed by atoms with E-state index in [0.29, 0.717) is 27.9 Å². The molecule has 1 aromatic heterocycles. The van der Waals surface area contributed by atoms with Crippen LogP contribution < -0.4 is 9.64 Å². The second-order valence-corrected chi connectivity index (χ2v) is 8.83. The van der Waals surface area contributed by atoms with Crippen LogP contribution in [0.2, 0.25) is 0 Å². The van der Waals surface area contributed by atoms with Gasteiger partial charge in [0.05, 0.1) is 17.8 Å². The van der Waals surface area contributed by atoms with E-state index in [-0.39, 0.29) is 31.4 Å². The number of aliphatic hydroxyl groups is 1. The molecule has 0 radical (unpaired) electrons. The molecule has 32 heavy (non-hydrogen) atoms. The third-order valence-electron chi connectivity index (χ3n) is 5.30. The molecular weight excluding hydrogens is 412 g/mol. The van der Waals surface area contributed by atoms with E-state index < -0.39 is 17.7 Å². The molecule has 168 valence electrons. The number of rotatable bonds is 5. The number of aromatic amines is 1. The number of ether oxygens (including phenoxy) is 2. The van der Waals surface area contributed by atoms with Gasteiger partial charge in [-0.15, -0.1) is 0 Å². The number of hydrogen-bond donors (Lipinski definition) is 3. The second kappa shape index (κ2) is 8.20. The van der Waals surface area contributed by atoms with Gasteiger partial charge in [-0.3, -0.25) is 4.90 Å². The highest BCUT2D eigenvalue weighted by molar-refractivity contribution is 6.04. The van der Waals surface area contributed by atoms with Crippen molar-refractivity contribution in [2.24, 2.45) is 0 Å². The van der Waals surface area contributed by atoms with E-state index in [9.17, 15) is 19.8 Å². The van der Waals surface area contributed by atoms with E-state index in [1.807, 2.05) is 30.3 Å². The Morgan fingerprint density at radius 1 is 1.19 bits per heavy atom. The maximum absolute atomic E-state index is 12.9. The number of hydrogen-bond acceptors (Lipinski definition) is 5. The molecule has 3 N–H and O–H groups in total. The lowest BCUT2D eigenvalue weighted by Crippen LogP contribution is -2.36. The number of carbonyl (C=O) groups is 2. The summed E-state index contributed by atoms with van der Waals surface area (Å²) in [6.45, 7) is 5.66. The van der Waals surface area contributed by atoms with E-state index in [0.717, 1.165) is 5.56 Å². The number of benzene rings is 2. The minimum atomic E-state index is -1.11. The van der Waals surface area contributed by atoms with E-state index in [1.54, 1.807) is 26.8 Å². The highest BCUT2D eigenvalue weighted by Gasteiger charge is 2.37. The van der Waals surface area contributed by atoms with E-state index in [4.69, 9.17) is 9.47 Å². The fraction of sp³-hybridized carbons (Fsp3) is 0.333. The number of aliphatic hydroxyl groups excluding tert-OH is 1. The summed E-state index contributed by atoms with van der Waals surface area (Å²) in [5, 5.41) is 20.1. The van der Waals surface area contributed by atoms with Crippen molar-refractivity contribution < 1.29 is 29.3 Å². The fourth-order valence-corrected chi connectivity index (χ4v) is 3.94. The van der Waals surface area contributed by atoms with Crippen molar-refractivity contribution in [1.82, 2.24) is 4.98 Å². The molecule has 1 aliphatic heterocycles. The van der Waals surface area contributed by atoms with Crippen LogP contribution in [0, 0.1) is 0 Å². The Labute approximate surface area is 185 Å². The van der Waals surface area contributed by atoms with Crippen LogP contribution in [0.25, 0.3) is 10.9 Å². The highest BCUT2D eigenvalue weighted by Crippen LogP contribution is 2.45. The first-order valence-electron chi connectivity index (χ1n) is 10.4. The first-order chi connectivity index (χ1) is 15.2. The number of aromatic carboxylic acids is 1. The van der Waals surface area contributed by atoms with Crippen LogP contribution in [0.15, 0.2) is 42.5 Å². The van der Waals surface area contributed by atoms with E-state index >= 15 is 0 Å². The van der Waals surface area contributed by atoms with Gasteiger partial charge in [0.1, 0.15) is 23.7 Å². The van der Waals surface area contributed by atoms with Crippen molar-refractivity contribution in [2.75, 3.05) is 18.1 Å². The molecule has 3 aromatic rings. The summed E-state index contributed by atoms with van der Waals surface area (Å²) in [4.78, 5) is 28.9. The van der Waals surface area contributed by atoms with Gasteiger partial charge in [-0.25, -0.2) is 9.59 Å². The number of H-pyrrole nitrogens is 1. The molecule has 0 fully saturated rings. The largest absolute Gasteiger partial charge is 0.487 e. The van der Waals surface area contributed by atoms with Crippen LogP contribution in [0.5, 0.6) is 5.75 Å². The second-order valence-electron chi connectivity index (χ2n) is 8.83. The van der Waals surface area contributed by atoms with E-state index in [1.165, 1.54) is 11.0 Å². The van der Waals surface area contributed by atoms with Crippen molar-refractivity contribution in [3.8, 4) is 5.75 Å². The van der Waals surface area contributed by atoms with Gasteiger partial charge in [0.25, 0.3) is 0 Å². The Kier molecular flexibility index (Phi) is 5.56. The molecule has 2 aromatic carbocycles. The summed E-state index contributed by atoms with van der Waals surface area (Å²) >= 11 is 0. The van der Waals surface area contributed by atoms with Crippen LogP contribution >= 0.6 is 0 Å². The Balaban J connectivity index is 1.82. The molecule has 1 atom stereocenters. The minimum Gasteiger partial charge on any atom is -0.487 e. The molecule has 4 rings (SSSR count). The molecule has 0 unspecified atom stereocenters. The Bertz CT molecular complexity index is 1160. The van der Waals surface area contributed by atoms with Gasteiger partial charge in [0.15, 0.2) is 0 Å². The van der Waals surface area contributed by atoms with Crippen LogP contribution in [0.1, 0.15) is 48.3 Å². The van der Waals surface area contributed by atoms with Crippen LogP contribution in [0.3, 0.4) is 0 Å². The molecule has 0 bridgehead atoms. The zero-order valence-electron chi connectivity index (χ0n) is 18.2. The number of fused-ring (bicyclic) bond motifs is 3. The van der Waals surface area contributed by atoms with Crippen molar-refractivity contribution in [3.05, 3.63) is 59.3 Å². The van der Waals surface area contributed by atoms with Crippen LogP contribution in [0.4, 0.5) is 10.5 Å². The number of nitrogens with one attached hydrogen (secondary N) is 1. The smallest absolute Gasteiger partial charge is 0.414 e. The molecule has 8 nitrogen and oxygen atoms in total. The zero-order chi connectivity index (χ0) is 23.0. The number of carbonyl (C=O) groups excluding carboxylic acids is 1. The average Bonchev–Trinajstić information content (AvgIpc) is 3.33. The Hall–Kier alpha value is -3.52. The first kappa shape index (κ1) is 21.7. The van der Waals surface area contributed by atoms with Crippen molar-refractivity contribution in [2.45, 2.75) is 38.9 Å². The SMILES string of the molecule is CC(C)(C)OC(=O)N1C[C@@H](CO)c2c1cc(OCc1ccccc1)c1[nH]c(C(=O)O)cc21. The molecule has 8 heteroatoms. The van der Waals surface area contributed by atoms with Gasteiger partial charge in [-0.1, -0.05) is 30.3 Å². The molecule has 1 aliphatic rings. The lowest BCUT2D eigenvalue weighted by atomic mass is 9.98. The Morgan fingerprint density at radius 2 is 1.91 bits per heavy atom. The predicted octanol–water partition coefficient (Wildman–Crippen LogP) is 4.28. The summed E-state index contributed by atoms with van der Waals surface area (Å²) in [5.74, 6) is -1.06. The third kappa shape index (κ3) is 4.13. The monoisotopic (exact) mass is 438 g/mol. The number of aromatic nitrogens is 1. The molecule has 0 saturated heterocycles. The number of amides is 1. The lowest BCUT2D eigenvalue weighted by Gasteiger charge is -2.25. The average molecular weight is 438 g/mol. The van der Waals surface area contributed by atoms with Crippen molar-refractivity contribution in [1.29, 1.82) is 0 Å². The maximum atomic E-state index is 12.9. The summed E-state index contributed by atoms with van der Waals surface area (Å²) in [5.41, 5.74) is 2.03. The third-order valence-corrected chi connectivity index (χ3v) is 5.30. The summed E-state index contributed by atoms with van der Waals surface area (Å²) in [6.07, 6.45) is -0.531. The first-order valence-corrected chi connectivity index (χ1v) is 10.4. The Morgan fingerprint density at radius 3 is 2.53 bits per heavy atom. The highest BCUT2D eigenvalue weighted by atomic mass is 16.6. The van der Waals surface area contributed by atoms with Crippen molar-refractivity contribution in [3.63, 3.8) is 0 Å². The molecular formula is C24H26N2O6. The van der Waals surface area contributed by atoms with Gasteiger partial charge in [-0.05, 0) is 38.0 Å². The van der Waals surface area contributed by atoms with Gasteiger partial charge in [0, 0.05) is 23.9 Å². The number of carboxylic acid groups (broad SMARTS) is 1.